The SMILES string of the molecule is CSC1=C(SC)SC(=C2SC=C(SCC3CCC(CN4C(=O)c5ccc6c7c(ccc(c57)C4=O)C(=O)N(CC4CCC(CSC5=CSC(=C7SC(SC)=C(SC)S7)S5)CC4)C6=O)CC3)S2)S1. The summed E-state index contributed by atoms with van der Waals surface area (Å²) < 4.78 is 14.0. The summed E-state index contributed by atoms with van der Waals surface area (Å²) in [5.74, 6) is 2.62. The van der Waals surface area contributed by atoms with E-state index in [9.17, 15) is 19.2 Å². The molecule has 0 N–H and O–H groups in total. The number of nitrogens with zero attached hydrogens (tertiary/aromatic N) is 2. The van der Waals surface area contributed by atoms with Gasteiger partial charge in [0.05, 0.1) is 42.4 Å². The molecule has 8 aliphatic rings. The number of benzene rings is 2. The van der Waals surface area contributed by atoms with Crippen molar-refractivity contribution in [3.8, 4) is 0 Å². The van der Waals surface area contributed by atoms with Crippen LogP contribution >= 0.6 is 165 Å². The largest absolute Gasteiger partial charge is 0.274 e. The highest BCUT2D eigenvalue weighted by Crippen LogP contribution is 2.64. The molecule has 2 aromatic carbocycles. The Kier molecular flexibility index (Phi) is 16.8. The van der Waals surface area contributed by atoms with Crippen LogP contribution in [0.1, 0.15) is 92.8 Å². The molecule has 2 aliphatic carbocycles. The molecule has 6 aliphatic heterocycles. The van der Waals surface area contributed by atoms with Gasteiger partial charge in [-0.3, -0.25) is 29.0 Å². The highest BCUT2D eigenvalue weighted by Gasteiger charge is 2.42. The van der Waals surface area contributed by atoms with E-state index in [1.54, 1.807) is 24.3 Å². The average molecular weight is 1140 g/mol. The first kappa shape index (κ1) is 49.9. The molecule has 0 radical (unpaired) electrons. The third kappa shape index (κ3) is 10.3. The van der Waals surface area contributed by atoms with E-state index < -0.39 is 0 Å². The zero-order chi connectivity index (χ0) is 45.6. The van der Waals surface area contributed by atoms with Gasteiger partial charge in [-0.2, -0.15) is 0 Å². The predicted molar refractivity (Wildman–Crippen MR) is 310 cm³/mol. The fourth-order valence-corrected chi connectivity index (χ4v) is 27.8. The van der Waals surface area contributed by atoms with Gasteiger partial charge < -0.3 is 0 Å². The molecule has 10 rings (SSSR count). The molecule has 66 heavy (non-hydrogen) atoms. The van der Waals surface area contributed by atoms with Gasteiger partial charge in [-0.1, -0.05) is 94.1 Å². The number of imide groups is 2. The van der Waals surface area contributed by atoms with Crippen LogP contribution in [0.3, 0.4) is 0 Å². The molecule has 2 saturated carbocycles. The summed E-state index contributed by atoms with van der Waals surface area (Å²) in [5, 5.41) is 5.55. The summed E-state index contributed by atoms with van der Waals surface area (Å²) in [6, 6.07) is 6.87. The Hall–Kier alpha value is 0.320. The lowest BCUT2D eigenvalue weighted by Gasteiger charge is -2.36. The van der Waals surface area contributed by atoms with Gasteiger partial charge in [-0.05, 0) is 135 Å². The second-order valence-corrected chi connectivity index (χ2v) is 32.7. The molecule has 6 heterocycles. The van der Waals surface area contributed by atoms with Gasteiger partial charge in [-0.15, -0.1) is 70.6 Å². The average Bonchev–Trinajstić information content (AvgIpc) is 4.18. The van der Waals surface area contributed by atoms with Crippen LogP contribution < -0.4 is 0 Å². The topological polar surface area (TPSA) is 74.8 Å². The molecule has 0 aromatic heterocycles. The quantitative estimate of drug-likeness (QED) is 0.168. The van der Waals surface area contributed by atoms with Crippen LogP contribution in [-0.4, -0.2) is 83.0 Å². The molecular weight excluding hydrogens is 1090 g/mol. The summed E-state index contributed by atoms with van der Waals surface area (Å²) >= 11 is 26.5. The zero-order valence-electron chi connectivity index (χ0n) is 36.5. The van der Waals surface area contributed by atoms with E-state index >= 15 is 0 Å². The van der Waals surface area contributed by atoms with Gasteiger partial charge in [0.2, 0.25) is 0 Å². The number of hydrogen-bond acceptors (Lipinski definition) is 18. The first-order chi connectivity index (χ1) is 32.1. The Morgan fingerprint density at radius 1 is 0.439 bits per heavy atom. The van der Waals surface area contributed by atoms with E-state index in [0.29, 0.717) is 58.0 Å². The minimum absolute atomic E-state index is 0.250. The van der Waals surface area contributed by atoms with E-state index in [1.165, 1.54) is 52.2 Å². The smallest absolute Gasteiger partial charge is 0.261 e. The molecule has 0 spiro atoms. The van der Waals surface area contributed by atoms with Crippen molar-refractivity contribution in [3.05, 3.63) is 99.7 Å². The van der Waals surface area contributed by atoms with Crippen LogP contribution in [0, 0.1) is 23.7 Å². The molecule has 348 valence electrons. The normalized spacial score (nSPS) is 25.8. The van der Waals surface area contributed by atoms with Crippen molar-refractivity contribution in [1.82, 2.24) is 9.80 Å². The minimum atomic E-state index is -0.320. The van der Waals surface area contributed by atoms with E-state index in [4.69, 9.17) is 0 Å². The predicted octanol–water partition coefficient (Wildman–Crippen LogP) is 16.6. The monoisotopic (exact) mass is 1140 g/mol. The summed E-state index contributed by atoms with van der Waals surface area (Å²) in [5.41, 5.74) is 1.65. The first-order valence-electron chi connectivity index (χ1n) is 21.7. The van der Waals surface area contributed by atoms with Gasteiger partial charge in [0, 0.05) is 57.6 Å². The van der Waals surface area contributed by atoms with Gasteiger partial charge in [-0.25, -0.2) is 0 Å². The summed E-state index contributed by atoms with van der Waals surface area (Å²) in [6.45, 7) is 0.790. The molecule has 2 fully saturated rings. The lowest BCUT2D eigenvalue weighted by atomic mass is 9.81. The fourth-order valence-electron chi connectivity index (χ4n) is 9.38. The highest BCUT2D eigenvalue weighted by atomic mass is 32.3. The van der Waals surface area contributed by atoms with Crippen LogP contribution in [-0.2, 0) is 0 Å². The van der Waals surface area contributed by atoms with Crippen LogP contribution in [0.5, 0.6) is 0 Å². The molecule has 4 amide bonds. The van der Waals surface area contributed by atoms with Gasteiger partial charge in [0.15, 0.2) is 0 Å². The highest BCUT2D eigenvalue weighted by molar-refractivity contribution is 8.44. The van der Waals surface area contributed by atoms with E-state index in [-0.39, 0.29) is 35.5 Å². The van der Waals surface area contributed by atoms with Crippen molar-refractivity contribution in [1.29, 1.82) is 0 Å². The number of carbonyl (C=O) groups is 4. The van der Waals surface area contributed by atoms with Crippen LogP contribution in [0.25, 0.3) is 10.8 Å². The second-order valence-electron chi connectivity index (χ2n) is 16.7. The van der Waals surface area contributed by atoms with Crippen molar-refractivity contribution in [3.63, 3.8) is 0 Å². The van der Waals surface area contributed by atoms with E-state index in [1.807, 2.05) is 165 Å². The molecule has 0 atom stereocenters. The summed E-state index contributed by atoms with van der Waals surface area (Å²) in [4.78, 5) is 59.5. The standard InChI is InChI=1S/C46H46N2O4S14/c1-53-39-40(54-2)64-45(63-39)43-59-21-31(61-43)57-19-25-9-5-23(6-10-25)17-47-35(49)27-13-15-29-34-30(16-14-28(33(27)34)36(47)50)38(52)48(37(29)51)18-24-7-11-26(12-8-24)20-58-32-22-60-44(62-32)46-65-41(55-3)42(56-4)66-46/h13-16,21-26H,5-12,17-20H2,1-4H3. The van der Waals surface area contributed by atoms with E-state index in [0.717, 1.165) is 62.9 Å². The minimum Gasteiger partial charge on any atom is -0.274 e. The number of hydrogen-bond donors (Lipinski definition) is 0. The lowest BCUT2D eigenvalue weighted by Crippen LogP contribution is -2.46. The number of rotatable bonds is 14. The maximum Gasteiger partial charge on any atom is 0.261 e. The molecular formula is C46H46N2O4S14. The van der Waals surface area contributed by atoms with E-state index in [2.05, 4.69) is 35.8 Å². The third-order valence-corrected chi connectivity index (χ3v) is 32.3. The van der Waals surface area contributed by atoms with Gasteiger partial charge >= 0.3 is 0 Å². The van der Waals surface area contributed by atoms with Crippen molar-refractivity contribution >= 4 is 199 Å². The molecule has 0 bridgehead atoms. The second kappa shape index (κ2) is 22.2. The Morgan fingerprint density at radius 3 is 1.05 bits per heavy atom. The first-order valence-corrected chi connectivity index (χ1v) is 35.2. The molecule has 20 heteroatoms. The molecule has 0 saturated heterocycles. The molecule has 2 aromatic rings. The third-order valence-electron chi connectivity index (χ3n) is 12.9. The van der Waals surface area contributed by atoms with Crippen LogP contribution in [0.4, 0.5) is 0 Å². The number of thioether (sulfide) groups is 14. The Bertz CT molecular complexity index is 2310. The maximum absolute atomic E-state index is 14.2. The van der Waals surface area contributed by atoms with Crippen LogP contribution in [0.15, 0.2) is 77.5 Å². The lowest BCUT2D eigenvalue weighted by molar-refractivity contribution is 0.0546. The van der Waals surface area contributed by atoms with Crippen molar-refractivity contribution < 1.29 is 19.2 Å². The summed E-state index contributed by atoms with van der Waals surface area (Å²) in [7, 11) is 0. The molecule has 0 unspecified atom stereocenters. The number of amides is 4. The van der Waals surface area contributed by atoms with Gasteiger partial charge in [0.25, 0.3) is 23.6 Å². The number of carbonyl (C=O) groups excluding carboxylic acids is 4. The summed E-state index contributed by atoms with van der Waals surface area (Å²) in [6.07, 6.45) is 16.9. The fraction of sp³-hybridized carbons (Fsp3) is 0.435. The molecule has 6 nitrogen and oxygen atoms in total. The zero-order valence-corrected chi connectivity index (χ0v) is 47.9. The van der Waals surface area contributed by atoms with Crippen molar-refractivity contribution in [2.45, 2.75) is 51.4 Å². The maximum atomic E-state index is 14.2. The van der Waals surface area contributed by atoms with Crippen molar-refractivity contribution in [2.24, 2.45) is 23.7 Å². The van der Waals surface area contributed by atoms with Gasteiger partial charge in [0.1, 0.15) is 0 Å². The van der Waals surface area contributed by atoms with Crippen LogP contribution in [0.2, 0.25) is 0 Å². The Morgan fingerprint density at radius 2 is 0.742 bits per heavy atom. The van der Waals surface area contributed by atoms with Crippen molar-refractivity contribution in [2.75, 3.05) is 49.6 Å². The Balaban J connectivity index is 0.703. The Labute approximate surface area is 447 Å².